The summed E-state index contributed by atoms with van der Waals surface area (Å²) in [7, 11) is 0. The van der Waals surface area contributed by atoms with E-state index in [0.717, 1.165) is 16.6 Å². The number of allylic oxidation sites excluding steroid dienone is 1. The number of carbonyl (C=O) groups excluding carboxylic acids is 1. The molecule has 0 aliphatic carbocycles. The Labute approximate surface area is 116 Å². The molecule has 0 atom stereocenters. The van der Waals surface area contributed by atoms with Gasteiger partial charge in [-0.15, -0.1) is 0 Å². The monoisotopic (exact) mass is 263 g/mol. The molecule has 98 valence electrons. The summed E-state index contributed by atoms with van der Waals surface area (Å²) in [4.78, 5) is 15.2. The maximum absolute atomic E-state index is 12.0. The predicted octanol–water partition coefficient (Wildman–Crippen LogP) is 3.77. The quantitative estimate of drug-likeness (QED) is 0.558. The molecule has 0 radical (unpaired) electrons. The average molecular weight is 263 g/mol. The van der Waals surface area contributed by atoms with Crippen molar-refractivity contribution in [2.75, 3.05) is 0 Å². The minimum absolute atomic E-state index is 0.00111. The van der Waals surface area contributed by atoms with Crippen molar-refractivity contribution in [1.82, 2.24) is 4.98 Å². The fourth-order valence-corrected chi connectivity index (χ4v) is 2.12. The first-order chi connectivity index (χ1) is 9.74. The van der Waals surface area contributed by atoms with Gasteiger partial charge in [-0.3, -0.25) is 4.79 Å². The van der Waals surface area contributed by atoms with Crippen LogP contribution in [0.4, 0.5) is 0 Å². The van der Waals surface area contributed by atoms with E-state index in [1.165, 1.54) is 12.1 Å². The molecule has 0 bridgehead atoms. The molecule has 0 spiro atoms. The van der Waals surface area contributed by atoms with Crippen LogP contribution in [0.5, 0.6) is 5.75 Å². The summed E-state index contributed by atoms with van der Waals surface area (Å²) in [5.41, 5.74) is 2.19. The summed E-state index contributed by atoms with van der Waals surface area (Å²) >= 11 is 0. The highest BCUT2D eigenvalue weighted by atomic mass is 16.3. The number of para-hydroxylation sites is 2. The van der Waals surface area contributed by atoms with Gasteiger partial charge in [0, 0.05) is 11.2 Å². The Morgan fingerprint density at radius 3 is 2.60 bits per heavy atom. The molecule has 3 rings (SSSR count). The number of hydrogen-bond acceptors (Lipinski definition) is 2. The molecule has 0 saturated heterocycles. The van der Waals surface area contributed by atoms with Crippen molar-refractivity contribution >= 4 is 22.8 Å². The summed E-state index contributed by atoms with van der Waals surface area (Å²) in [5.74, 6) is -0.222. The SMILES string of the molecule is O=C(/C=C/c1cc2ccccc2[nH]1)c1ccccc1O. The molecule has 3 aromatic rings. The third kappa shape index (κ3) is 2.34. The van der Waals surface area contributed by atoms with Gasteiger partial charge in [0.05, 0.1) is 5.56 Å². The molecule has 0 aliphatic rings. The van der Waals surface area contributed by atoms with E-state index < -0.39 is 0 Å². The van der Waals surface area contributed by atoms with Gasteiger partial charge < -0.3 is 10.1 Å². The third-order valence-corrected chi connectivity index (χ3v) is 3.13. The van der Waals surface area contributed by atoms with Crippen LogP contribution in [0.3, 0.4) is 0 Å². The lowest BCUT2D eigenvalue weighted by atomic mass is 10.1. The van der Waals surface area contributed by atoms with E-state index in [4.69, 9.17) is 0 Å². The summed E-state index contributed by atoms with van der Waals surface area (Å²) in [6, 6.07) is 16.4. The summed E-state index contributed by atoms with van der Waals surface area (Å²) < 4.78 is 0. The Morgan fingerprint density at radius 2 is 1.80 bits per heavy atom. The minimum atomic E-state index is -0.221. The summed E-state index contributed by atoms with van der Waals surface area (Å²) in [5, 5.41) is 10.7. The Hall–Kier alpha value is -2.81. The van der Waals surface area contributed by atoms with Crippen molar-refractivity contribution in [3.05, 3.63) is 71.9 Å². The molecule has 0 amide bonds. The molecule has 3 heteroatoms. The minimum Gasteiger partial charge on any atom is -0.507 e. The molecule has 1 heterocycles. The molecule has 1 aromatic heterocycles. The highest BCUT2D eigenvalue weighted by molar-refractivity contribution is 6.08. The molecule has 2 aromatic carbocycles. The maximum Gasteiger partial charge on any atom is 0.189 e. The van der Waals surface area contributed by atoms with Crippen LogP contribution in [-0.4, -0.2) is 15.9 Å². The van der Waals surface area contributed by atoms with Gasteiger partial charge in [0.2, 0.25) is 0 Å². The highest BCUT2D eigenvalue weighted by Gasteiger charge is 2.06. The second kappa shape index (κ2) is 5.05. The molecular formula is C17H13NO2. The van der Waals surface area contributed by atoms with E-state index in [9.17, 15) is 9.90 Å². The first-order valence-electron chi connectivity index (χ1n) is 6.32. The number of hydrogen-bond donors (Lipinski definition) is 2. The average Bonchev–Trinajstić information content (AvgIpc) is 2.88. The van der Waals surface area contributed by atoms with E-state index in [1.807, 2.05) is 30.3 Å². The number of benzene rings is 2. The number of aromatic nitrogens is 1. The molecule has 0 fully saturated rings. The number of nitrogens with one attached hydrogen (secondary N) is 1. The van der Waals surface area contributed by atoms with Gasteiger partial charge in [0.25, 0.3) is 0 Å². The topological polar surface area (TPSA) is 53.1 Å². The van der Waals surface area contributed by atoms with Crippen molar-refractivity contribution in [2.45, 2.75) is 0 Å². The van der Waals surface area contributed by atoms with Crippen molar-refractivity contribution < 1.29 is 9.90 Å². The fraction of sp³-hybridized carbons (Fsp3) is 0. The second-order valence-corrected chi connectivity index (χ2v) is 4.53. The third-order valence-electron chi connectivity index (χ3n) is 3.13. The van der Waals surface area contributed by atoms with Gasteiger partial charge in [-0.05, 0) is 41.8 Å². The number of ketones is 1. The molecule has 20 heavy (non-hydrogen) atoms. The number of phenols is 1. The van der Waals surface area contributed by atoms with Crippen LogP contribution in [0.15, 0.2) is 60.7 Å². The van der Waals surface area contributed by atoms with E-state index in [2.05, 4.69) is 4.98 Å². The van der Waals surface area contributed by atoms with Gasteiger partial charge in [-0.25, -0.2) is 0 Å². The van der Waals surface area contributed by atoms with Crippen molar-refractivity contribution in [3.63, 3.8) is 0 Å². The first-order valence-corrected chi connectivity index (χ1v) is 6.32. The summed E-state index contributed by atoms with van der Waals surface area (Å²) in [6.45, 7) is 0. The lowest BCUT2D eigenvalue weighted by Crippen LogP contribution is -1.94. The van der Waals surface area contributed by atoms with E-state index in [1.54, 1.807) is 24.3 Å². The van der Waals surface area contributed by atoms with Crippen LogP contribution in [0.25, 0.3) is 17.0 Å². The van der Waals surface area contributed by atoms with Crippen LogP contribution in [0.1, 0.15) is 16.1 Å². The van der Waals surface area contributed by atoms with Gasteiger partial charge >= 0.3 is 0 Å². The smallest absolute Gasteiger partial charge is 0.189 e. The van der Waals surface area contributed by atoms with Crippen molar-refractivity contribution in [1.29, 1.82) is 0 Å². The molecule has 3 nitrogen and oxygen atoms in total. The van der Waals surface area contributed by atoms with Gasteiger partial charge in [-0.2, -0.15) is 0 Å². The van der Waals surface area contributed by atoms with Crippen molar-refractivity contribution in [3.8, 4) is 5.75 Å². The van der Waals surface area contributed by atoms with Crippen molar-refractivity contribution in [2.24, 2.45) is 0 Å². The molecule has 2 N–H and O–H groups in total. The van der Waals surface area contributed by atoms with Crippen LogP contribution in [0.2, 0.25) is 0 Å². The second-order valence-electron chi connectivity index (χ2n) is 4.53. The Bertz CT molecular complexity index is 766. The van der Waals surface area contributed by atoms with Gasteiger partial charge in [0.15, 0.2) is 5.78 Å². The Kier molecular flexibility index (Phi) is 3.09. The molecule has 0 saturated carbocycles. The largest absolute Gasteiger partial charge is 0.507 e. The number of carbonyl (C=O) groups is 1. The van der Waals surface area contributed by atoms with Crippen LogP contribution < -0.4 is 0 Å². The Balaban J connectivity index is 1.87. The predicted molar refractivity (Wildman–Crippen MR) is 79.8 cm³/mol. The molecular weight excluding hydrogens is 250 g/mol. The number of phenolic OH excluding ortho intramolecular Hbond substituents is 1. The highest BCUT2D eigenvalue weighted by Crippen LogP contribution is 2.18. The standard InChI is InChI=1S/C17H13NO2/c19-16-8-4-2-6-14(16)17(20)10-9-13-11-12-5-1-3-7-15(12)18-13/h1-11,18-19H/b10-9+. The number of aromatic amines is 1. The first kappa shape index (κ1) is 12.2. The maximum atomic E-state index is 12.0. The zero-order chi connectivity index (χ0) is 13.9. The zero-order valence-electron chi connectivity index (χ0n) is 10.7. The fourth-order valence-electron chi connectivity index (χ4n) is 2.12. The van der Waals surface area contributed by atoms with Crippen LogP contribution in [0, 0.1) is 0 Å². The lowest BCUT2D eigenvalue weighted by molar-refractivity contribution is 0.104. The normalized spacial score (nSPS) is 11.2. The number of aromatic hydroxyl groups is 1. The van der Waals surface area contributed by atoms with Crippen LogP contribution in [-0.2, 0) is 0 Å². The van der Waals surface area contributed by atoms with Gasteiger partial charge in [-0.1, -0.05) is 30.3 Å². The zero-order valence-corrected chi connectivity index (χ0v) is 10.7. The number of rotatable bonds is 3. The number of fused-ring (bicyclic) bond motifs is 1. The van der Waals surface area contributed by atoms with E-state index in [0.29, 0.717) is 5.56 Å². The Morgan fingerprint density at radius 1 is 1.05 bits per heavy atom. The molecule has 0 aliphatic heterocycles. The van der Waals surface area contributed by atoms with E-state index >= 15 is 0 Å². The summed E-state index contributed by atoms with van der Waals surface area (Å²) in [6.07, 6.45) is 3.18. The van der Waals surface area contributed by atoms with Gasteiger partial charge in [0.1, 0.15) is 5.75 Å². The lowest BCUT2D eigenvalue weighted by Gasteiger charge is -1.98. The number of H-pyrrole nitrogens is 1. The van der Waals surface area contributed by atoms with Crippen LogP contribution >= 0.6 is 0 Å². The van der Waals surface area contributed by atoms with E-state index in [-0.39, 0.29) is 11.5 Å². The molecule has 0 unspecified atom stereocenters.